The Hall–Kier alpha value is -1.29. The fourth-order valence-electron chi connectivity index (χ4n) is 3.03. The molecule has 1 N–H and O–H groups in total. The van der Waals surface area contributed by atoms with Crippen molar-refractivity contribution in [2.75, 3.05) is 18.5 Å². The summed E-state index contributed by atoms with van der Waals surface area (Å²) in [4.78, 5) is 18.3. The number of hydrogen-bond acceptors (Lipinski definition) is 3. The molecule has 0 spiro atoms. The van der Waals surface area contributed by atoms with Gasteiger partial charge in [-0.05, 0) is 24.8 Å². The summed E-state index contributed by atoms with van der Waals surface area (Å²) in [6.45, 7) is 1.48. The number of carbonyl (C=O) groups excluding carboxylic acids is 1. The number of carbonyl (C=O) groups is 1. The number of fused-ring (bicyclic) bond motifs is 1. The highest BCUT2D eigenvalue weighted by atomic mass is 35.5. The number of nitrogens with one attached hydrogen (secondary N) is 1. The van der Waals surface area contributed by atoms with E-state index in [0.29, 0.717) is 17.3 Å². The van der Waals surface area contributed by atoms with E-state index in [1.165, 1.54) is 25.7 Å². The first-order chi connectivity index (χ1) is 9.15. The minimum atomic E-state index is -0.0465. The molecule has 2 aliphatic rings. The largest absolute Gasteiger partial charge is 0.359 e. The molecule has 1 amide bonds. The molecule has 0 saturated heterocycles. The SMILES string of the molecule is CN(CC1CCCC1)c1cc2c(c(Cl)n1)CNC2=O. The van der Waals surface area contributed by atoms with Crippen LogP contribution in [0.3, 0.4) is 0 Å². The minimum absolute atomic E-state index is 0.0465. The molecule has 0 unspecified atom stereocenters. The molecule has 4 nitrogen and oxygen atoms in total. The van der Waals surface area contributed by atoms with Gasteiger partial charge in [-0.3, -0.25) is 4.79 Å². The fourth-order valence-corrected chi connectivity index (χ4v) is 3.29. The average Bonchev–Trinajstić information content (AvgIpc) is 3.00. The molecule has 0 atom stereocenters. The minimum Gasteiger partial charge on any atom is -0.359 e. The number of aromatic nitrogens is 1. The molecule has 1 aromatic heterocycles. The van der Waals surface area contributed by atoms with E-state index in [1.54, 1.807) is 0 Å². The van der Waals surface area contributed by atoms with Gasteiger partial charge in [-0.2, -0.15) is 0 Å². The number of pyridine rings is 1. The van der Waals surface area contributed by atoms with Crippen LogP contribution in [0.5, 0.6) is 0 Å². The van der Waals surface area contributed by atoms with Crippen LogP contribution in [0, 0.1) is 5.92 Å². The summed E-state index contributed by atoms with van der Waals surface area (Å²) in [5.74, 6) is 1.50. The van der Waals surface area contributed by atoms with E-state index < -0.39 is 0 Å². The first kappa shape index (κ1) is 12.7. The van der Waals surface area contributed by atoms with Gasteiger partial charge in [-0.1, -0.05) is 24.4 Å². The van der Waals surface area contributed by atoms with Crippen molar-refractivity contribution in [1.82, 2.24) is 10.3 Å². The molecule has 3 rings (SSSR count). The Morgan fingerprint density at radius 3 is 2.95 bits per heavy atom. The highest BCUT2D eigenvalue weighted by Gasteiger charge is 2.25. The van der Waals surface area contributed by atoms with Gasteiger partial charge in [0.05, 0.1) is 5.56 Å². The predicted molar refractivity (Wildman–Crippen MR) is 75.6 cm³/mol. The van der Waals surface area contributed by atoms with Crippen molar-refractivity contribution >= 4 is 23.3 Å². The van der Waals surface area contributed by atoms with Crippen LogP contribution >= 0.6 is 11.6 Å². The molecular formula is C14H18ClN3O. The average molecular weight is 280 g/mol. The van der Waals surface area contributed by atoms with Gasteiger partial charge in [0.25, 0.3) is 5.91 Å². The third-order valence-corrected chi connectivity index (χ3v) is 4.44. The Labute approximate surface area is 118 Å². The molecule has 1 fully saturated rings. The molecule has 2 heterocycles. The number of hydrogen-bond donors (Lipinski definition) is 1. The van der Waals surface area contributed by atoms with E-state index in [0.717, 1.165) is 23.8 Å². The number of nitrogens with zero attached hydrogens (tertiary/aromatic N) is 2. The molecule has 1 aliphatic heterocycles. The van der Waals surface area contributed by atoms with Gasteiger partial charge in [0.1, 0.15) is 11.0 Å². The quantitative estimate of drug-likeness (QED) is 0.865. The lowest BCUT2D eigenvalue weighted by Crippen LogP contribution is -2.25. The molecule has 0 radical (unpaired) electrons. The third kappa shape index (κ3) is 2.41. The van der Waals surface area contributed by atoms with Crippen molar-refractivity contribution < 1.29 is 4.79 Å². The molecule has 1 aromatic rings. The molecule has 19 heavy (non-hydrogen) atoms. The Morgan fingerprint density at radius 2 is 2.21 bits per heavy atom. The van der Waals surface area contributed by atoms with Crippen molar-refractivity contribution in [2.45, 2.75) is 32.2 Å². The fraction of sp³-hybridized carbons (Fsp3) is 0.571. The Morgan fingerprint density at radius 1 is 1.47 bits per heavy atom. The van der Waals surface area contributed by atoms with Crippen LogP contribution in [-0.4, -0.2) is 24.5 Å². The maximum absolute atomic E-state index is 11.7. The van der Waals surface area contributed by atoms with Crippen molar-refractivity contribution in [3.8, 4) is 0 Å². The van der Waals surface area contributed by atoms with Crippen LogP contribution < -0.4 is 10.2 Å². The maximum Gasteiger partial charge on any atom is 0.252 e. The second kappa shape index (κ2) is 5.00. The maximum atomic E-state index is 11.7. The van der Waals surface area contributed by atoms with Crippen molar-refractivity contribution in [3.63, 3.8) is 0 Å². The van der Waals surface area contributed by atoms with Crippen molar-refractivity contribution in [1.29, 1.82) is 0 Å². The van der Waals surface area contributed by atoms with Gasteiger partial charge in [0.15, 0.2) is 0 Å². The zero-order chi connectivity index (χ0) is 13.4. The molecule has 0 aromatic carbocycles. The monoisotopic (exact) mass is 279 g/mol. The van der Waals surface area contributed by atoms with Gasteiger partial charge in [-0.25, -0.2) is 4.98 Å². The zero-order valence-electron chi connectivity index (χ0n) is 11.1. The number of amides is 1. The summed E-state index contributed by atoms with van der Waals surface area (Å²) < 4.78 is 0. The van der Waals surface area contributed by atoms with Crippen molar-refractivity contribution in [2.24, 2.45) is 5.92 Å². The van der Waals surface area contributed by atoms with Crippen LogP contribution in [0.4, 0.5) is 5.82 Å². The summed E-state index contributed by atoms with van der Waals surface area (Å²) in [5, 5.41) is 3.23. The predicted octanol–water partition coefficient (Wildman–Crippen LogP) is 2.60. The smallest absolute Gasteiger partial charge is 0.252 e. The van der Waals surface area contributed by atoms with E-state index in [4.69, 9.17) is 11.6 Å². The number of rotatable bonds is 3. The topological polar surface area (TPSA) is 45.2 Å². The Balaban J connectivity index is 1.82. The molecule has 0 bridgehead atoms. The van der Waals surface area contributed by atoms with Gasteiger partial charge < -0.3 is 10.2 Å². The van der Waals surface area contributed by atoms with E-state index in [1.807, 2.05) is 13.1 Å². The highest BCUT2D eigenvalue weighted by Crippen LogP contribution is 2.29. The van der Waals surface area contributed by atoms with Crippen LogP contribution in [0.15, 0.2) is 6.07 Å². The lowest BCUT2D eigenvalue weighted by Gasteiger charge is -2.22. The van der Waals surface area contributed by atoms with Gasteiger partial charge >= 0.3 is 0 Å². The summed E-state index contributed by atoms with van der Waals surface area (Å²) >= 11 is 6.17. The van der Waals surface area contributed by atoms with Gasteiger partial charge in [0.2, 0.25) is 0 Å². The van der Waals surface area contributed by atoms with Crippen LogP contribution in [0.2, 0.25) is 5.15 Å². The third-order valence-electron chi connectivity index (χ3n) is 4.13. The summed E-state index contributed by atoms with van der Waals surface area (Å²) in [6.07, 6.45) is 5.26. The highest BCUT2D eigenvalue weighted by molar-refractivity contribution is 6.31. The normalized spacial score (nSPS) is 18.5. The second-order valence-corrected chi connectivity index (χ2v) is 5.87. The van der Waals surface area contributed by atoms with E-state index in [9.17, 15) is 4.79 Å². The number of anilines is 1. The molecule has 5 heteroatoms. The van der Waals surface area contributed by atoms with E-state index in [-0.39, 0.29) is 5.91 Å². The summed E-state index contributed by atoms with van der Waals surface area (Å²) in [7, 11) is 2.02. The van der Waals surface area contributed by atoms with Crippen LogP contribution in [-0.2, 0) is 6.54 Å². The van der Waals surface area contributed by atoms with E-state index in [2.05, 4.69) is 15.2 Å². The van der Waals surface area contributed by atoms with Crippen molar-refractivity contribution in [3.05, 3.63) is 22.3 Å². The first-order valence-electron chi connectivity index (χ1n) is 6.84. The standard InChI is InChI=1S/C14H18ClN3O/c1-18(8-9-4-2-3-5-9)12-6-10-11(13(15)17-12)7-16-14(10)19/h6,9H,2-5,7-8H2,1H3,(H,16,19). The lowest BCUT2D eigenvalue weighted by atomic mass is 10.1. The van der Waals surface area contributed by atoms with Gasteiger partial charge in [0, 0.05) is 25.7 Å². The summed E-state index contributed by atoms with van der Waals surface area (Å²) in [5.41, 5.74) is 1.50. The lowest BCUT2D eigenvalue weighted by molar-refractivity contribution is 0.0966. The van der Waals surface area contributed by atoms with E-state index >= 15 is 0 Å². The first-order valence-corrected chi connectivity index (χ1v) is 7.21. The molecular weight excluding hydrogens is 262 g/mol. The number of halogens is 1. The summed E-state index contributed by atoms with van der Waals surface area (Å²) in [6, 6.07) is 1.86. The Kier molecular flexibility index (Phi) is 3.35. The van der Waals surface area contributed by atoms with Gasteiger partial charge in [-0.15, -0.1) is 0 Å². The Bertz CT molecular complexity index is 512. The molecule has 1 aliphatic carbocycles. The molecule has 102 valence electrons. The zero-order valence-corrected chi connectivity index (χ0v) is 11.8. The molecule has 1 saturated carbocycles. The van der Waals surface area contributed by atoms with Crippen LogP contribution in [0.1, 0.15) is 41.6 Å². The second-order valence-electron chi connectivity index (χ2n) is 5.51. The van der Waals surface area contributed by atoms with Crippen LogP contribution in [0.25, 0.3) is 0 Å².